The van der Waals surface area contributed by atoms with Crippen molar-refractivity contribution in [3.8, 4) is 6.07 Å². The maximum atomic E-state index is 13.4. The van der Waals surface area contributed by atoms with Crippen molar-refractivity contribution in [1.29, 1.82) is 5.26 Å². The number of nitrogens with zero attached hydrogens (tertiary/aromatic N) is 4. The highest BCUT2D eigenvalue weighted by atomic mass is 32.2. The molecule has 2 saturated heterocycles. The highest BCUT2D eigenvalue weighted by Crippen LogP contribution is 2.39. The van der Waals surface area contributed by atoms with Crippen LogP contribution >= 0.6 is 12.2 Å². The highest BCUT2D eigenvalue weighted by molar-refractivity contribution is 7.89. The molecule has 1 aromatic rings. The fourth-order valence-corrected chi connectivity index (χ4v) is 5.91. The van der Waals surface area contributed by atoms with Crippen molar-refractivity contribution in [2.75, 3.05) is 23.7 Å². The number of anilines is 1. The Kier molecular flexibility index (Phi) is 6.32. The first kappa shape index (κ1) is 24.4. The number of hydrogen-bond donors (Lipinski definition) is 0. The Labute approximate surface area is 190 Å². The van der Waals surface area contributed by atoms with E-state index in [0.29, 0.717) is 12.8 Å². The average Bonchev–Trinajstić information content (AvgIpc) is 2.91. The van der Waals surface area contributed by atoms with Gasteiger partial charge in [0.2, 0.25) is 10.0 Å². The molecular formula is C20H23F3N4O3S2. The average molecular weight is 489 g/mol. The van der Waals surface area contributed by atoms with E-state index in [-0.39, 0.29) is 35.7 Å². The van der Waals surface area contributed by atoms with Crippen molar-refractivity contribution in [3.63, 3.8) is 0 Å². The van der Waals surface area contributed by atoms with Crippen LogP contribution in [0.25, 0.3) is 0 Å². The summed E-state index contributed by atoms with van der Waals surface area (Å²) in [6.45, 7) is 5.41. The summed E-state index contributed by atoms with van der Waals surface area (Å²) in [6.07, 6.45) is -3.89. The number of sulfonamides is 1. The number of thiocarbonyl (C=S) groups is 1. The number of alkyl halides is 3. The SMILES string of the molecule is CCS(=O)(=O)N1CCC(N2C(=S)N(c3ccc(C#N)c(C(F)(F)F)c3)C(=O)C2(C)C)CC1. The lowest BCUT2D eigenvalue weighted by molar-refractivity contribution is -0.137. The lowest BCUT2D eigenvalue weighted by atomic mass is 9.97. The van der Waals surface area contributed by atoms with Gasteiger partial charge in [-0.3, -0.25) is 9.69 Å². The van der Waals surface area contributed by atoms with Crippen LogP contribution < -0.4 is 4.90 Å². The van der Waals surface area contributed by atoms with Crippen molar-refractivity contribution in [1.82, 2.24) is 9.21 Å². The summed E-state index contributed by atoms with van der Waals surface area (Å²) in [7, 11) is -3.33. The molecule has 7 nitrogen and oxygen atoms in total. The van der Waals surface area contributed by atoms with E-state index in [0.717, 1.165) is 17.0 Å². The number of halogens is 3. The third kappa shape index (κ3) is 4.09. The van der Waals surface area contributed by atoms with Gasteiger partial charge in [0.15, 0.2) is 5.11 Å². The summed E-state index contributed by atoms with van der Waals surface area (Å²) in [5.41, 5.74) is -2.87. The summed E-state index contributed by atoms with van der Waals surface area (Å²) >= 11 is 5.53. The number of carbonyl (C=O) groups is 1. The van der Waals surface area contributed by atoms with Crippen LogP contribution in [0.2, 0.25) is 0 Å². The Morgan fingerprint density at radius 2 is 1.84 bits per heavy atom. The quantitative estimate of drug-likeness (QED) is 0.606. The van der Waals surface area contributed by atoms with Crippen LogP contribution in [-0.2, 0) is 21.0 Å². The van der Waals surface area contributed by atoms with Gasteiger partial charge in [0.05, 0.1) is 28.6 Å². The fraction of sp³-hybridized carbons (Fsp3) is 0.550. The smallest absolute Gasteiger partial charge is 0.331 e. The van der Waals surface area contributed by atoms with Gasteiger partial charge in [0.25, 0.3) is 5.91 Å². The number of hydrogen-bond acceptors (Lipinski definition) is 5. The summed E-state index contributed by atoms with van der Waals surface area (Å²) in [5, 5.41) is 9.09. The monoisotopic (exact) mass is 488 g/mol. The van der Waals surface area contributed by atoms with Gasteiger partial charge in [-0.1, -0.05) is 0 Å². The van der Waals surface area contributed by atoms with E-state index >= 15 is 0 Å². The van der Waals surface area contributed by atoms with Crippen molar-refractivity contribution in [2.45, 2.75) is 51.4 Å². The summed E-state index contributed by atoms with van der Waals surface area (Å²) < 4.78 is 66.0. The Bertz CT molecular complexity index is 1090. The van der Waals surface area contributed by atoms with Crippen molar-refractivity contribution in [3.05, 3.63) is 29.3 Å². The Hall–Kier alpha value is -2.23. The first-order chi connectivity index (χ1) is 14.8. The van der Waals surface area contributed by atoms with E-state index in [1.54, 1.807) is 25.7 Å². The van der Waals surface area contributed by atoms with E-state index in [9.17, 15) is 26.4 Å². The molecule has 174 valence electrons. The Morgan fingerprint density at radius 3 is 2.34 bits per heavy atom. The van der Waals surface area contributed by atoms with Gasteiger partial charge in [0.1, 0.15) is 5.54 Å². The fourth-order valence-electron chi connectivity index (χ4n) is 4.22. The molecule has 1 amide bonds. The largest absolute Gasteiger partial charge is 0.417 e. The van der Waals surface area contributed by atoms with E-state index < -0.39 is 38.8 Å². The van der Waals surface area contributed by atoms with Crippen LogP contribution in [0.1, 0.15) is 44.7 Å². The maximum Gasteiger partial charge on any atom is 0.417 e. The molecule has 0 unspecified atom stereocenters. The van der Waals surface area contributed by atoms with Crippen molar-refractivity contribution in [2.24, 2.45) is 0 Å². The van der Waals surface area contributed by atoms with Gasteiger partial charge in [-0.05, 0) is 64.0 Å². The van der Waals surface area contributed by atoms with Gasteiger partial charge in [0, 0.05) is 19.1 Å². The summed E-state index contributed by atoms with van der Waals surface area (Å²) in [5.74, 6) is -0.485. The van der Waals surface area contributed by atoms with Crippen LogP contribution in [-0.4, -0.2) is 59.1 Å². The van der Waals surface area contributed by atoms with E-state index in [1.807, 2.05) is 0 Å². The molecule has 0 aromatic heterocycles. The molecule has 0 aliphatic carbocycles. The van der Waals surface area contributed by atoms with Crippen LogP contribution in [0.4, 0.5) is 18.9 Å². The molecule has 2 fully saturated rings. The zero-order chi connectivity index (χ0) is 24.1. The summed E-state index contributed by atoms with van der Waals surface area (Å²) in [6, 6.07) is 4.34. The number of benzene rings is 1. The zero-order valence-corrected chi connectivity index (χ0v) is 19.4. The lowest BCUT2D eigenvalue weighted by Gasteiger charge is -2.41. The molecule has 0 radical (unpaired) electrons. The van der Waals surface area contributed by atoms with Gasteiger partial charge in [-0.15, -0.1) is 0 Å². The third-order valence-corrected chi connectivity index (χ3v) is 8.22. The van der Waals surface area contributed by atoms with Gasteiger partial charge >= 0.3 is 6.18 Å². The second-order valence-electron chi connectivity index (χ2n) is 8.22. The molecule has 2 aliphatic rings. The molecule has 2 heterocycles. The molecule has 0 atom stereocenters. The van der Waals surface area contributed by atoms with Crippen LogP contribution in [0.5, 0.6) is 0 Å². The molecule has 3 rings (SSSR count). The second kappa shape index (κ2) is 8.28. The molecule has 0 N–H and O–H groups in total. The normalized spacial score (nSPS) is 20.7. The van der Waals surface area contributed by atoms with E-state index in [4.69, 9.17) is 17.5 Å². The first-order valence-electron chi connectivity index (χ1n) is 10.0. The van der Waals surface area contributed by atoms with Crippen LogP contribution in [0.15, 0.2) is 18.2 Å². The Morgan fingerprint density at radius 1 is 1.25 bits per heavy atom. The number of amides is 1. The lowest BCUT2D eigenvalue weighted by Crippen LogP contribution is -2.54. The highest BCUT2D eigenvalue weighted by Gasteiger charge is 2.52. The minimum Gasteiger partial charge on any atom is -0.331 e. The van der Waals surface area contributed by atoms with E-state index in [2.05, 4.69) is 0 Å². The number of carbonyl (C=O) groups excluding carboxylic acids is 1. The standard InChI is InChI=1S/C20H23F3N4O3S2/c1-4-32(29,30)25-9-7-14(8-10-25)27-18(31)26(17(28)19(27,2)3)15-6-5-13(12-24)16(11-15)20(21,22)23/h5-6,11,14H,4,7-10H2,1-3H3. The Balaban J connectivity index is 1.93. The summed E-state index contributed by atoms with van der Waals surface area (Å²) in [4.78, 5) is 16.0. The van der Waals surface area contributed by atoms with Gasteiger partial charge in [-0.25, -0.2) is 12.7 Å². The van der Waals surface area contributed by atoms with Crippen LogP contribution in [0, 0.1) is 11.3 Å². The maximum absolute atomic E-state index is 13.4. The predicted molar refractivity (Wildman–Crippen MR) is 116 cm³/mol. The minimum absolute atomic E-state index is 0.00220. The van der Waals surface area contributed by atoms with E-state index in [1.165, 1.54) is 16.4 Å². The first-order valence-corrected chi connectivity index (χ1v) is 12.0. The van der Waals surface area contributed by atoms with Gasteiger partial charge < -0.3 is 4.90 Å². The second-order valence-corrected chi connectivity index (χ2v) is 10.8. The number of piperidine rings is 1. The zero-order valence-electron chi connectivity index (χ0n) is 17.8. The van der Waals surface area contributed by atoms with Crippen molar-refractivity contribution >= 4 is 38.9 Å². The molecule has 0 bridgehead atoms. The predicted octanol–water partition coefficient (Wildman–Crippen LogP) is 3.10. The molecule has 0 spiro atoms. The number of nitriles is 1. The third-order valence-electron chi connectivity index (χ3n) is 5.96. The molecular weight excluding hydrogens is 465 g/mol. The number of rotatable bonds is 4. The minimum atomic E-state index is -4.77. The topological polar surface area (TPSA) is 84.7 Å². The van der Waals surface area contributed by atoms with Crippen molar-refractivity contribution < 1.29 is 26.4 Å². The molecule has 32 heavy (non-hydrogen) atoms. The molecule has 2 aliphatic heterocycles. The van der Waals surface area contributed by atoms with Crippen LogP contribution in [0.3, 0.4) is 0 Å². The molecule has 1 aromatic carbocycles. The molecule has 12 heteroatoms. The molecule has 0 saturated carbocycles. The van der Waals surface area contributed by atoms with Gasteiger partial charge in [-0.2, -0.15) is 18.4 Å².